The third-order valence-corrected chi connectivity index (χ3v) is 6.39. The van der Waals surface area contributed by atoms with E-state index in [1.165, 1.54) is 4.90 Å². The van der Waals surface area contributed by atoms with Gasteiger partial charge in [-0.3, -0.25) is 19.8 Å². The minimum absolute atomic E-state index is 0.00680. The zero-order chi connectivity index (χ0) is 25.2. The van der Waals surface area contributed by atoms with Crippen molar-refractivity contribution in [1.82, 2.24) is 9.88 Å². The number of hydrogen-bond acceptors (Lipinski definition) is 4. The van der Waals surface area contributed by atoms with Crippen LogP contribution in [0.1, 0.15) is 11.3 Å². The van der Waals surface area contributed by atoms with Crippen LogP contribution in [0.2, 0.25) is 0 Å². The van der Waals surface area contributed by atoms with Crippen molar-refractivity contribution < 1.29 is 14.3 Å². The minimum Gasteiger partial charge on any atom is -0.497 e. The smallest absolute Gasteiger partial charge is 0.270 e. The molecular weight excluding hydrogens is 470 g/mol. The van der Waals surface area contributed by atoms with Crippen molar-refractivity contribution in [3.05, 3.63) is 108 Å². The molecule has 0 atom stereocenters. The van der Waals surface area contributed by atoms with E-state index in [0.29, 0.717) is 11.4 Å². The SMILES string of the molecule is COc1ccc(N2C(=O)/C(=C\c3cc(-c4ccccc4)n(-c4ccccc4)c3C)C(=O)NC2=S)cc1. The Morgan fingerprint density at radius 3 is 2.14 bits per heavy atom. The van der Waals surface area contributed by atoms with Crippen LogP contribution >= 0.6 is 12.2 Å². The molecule has 1 fully saturated rings. The van der Waals surface area contributed by atoms with Crippen molar-refractivity contribution >= 4 is 40.9 Å². The minimum atomic E-state index is -0.525. The van der Waals surface area contributed by atoms with E-state index in [-0.39, 0.29) is 10.7 Å². The number of carbonyl (C=O) groups excluding carboxylic acids is 2. The summed E-state index contributed by atoms with van der Waals surface area (Å²) in [6.07, 6.45) is 1.64. The molecule has 6 nitrogen and oxygen atoms in total. The molecule has 36 heavy (non-hydrogen) atoms. The van der Waals surface area contributed by atoms with Gasteiger partial charge in [0.1, 0.15) is 11.3 Å². The number of thiocarbonyl (C=S) groups is 1. The molecule has 4 aromatic rings. The predicted octanol–water partition coefficient (Wildman–Crippen LogP) is 5.29. The normalized spacial score (nSPS) is 14.8. The largest absolute Gasteiger partial charge is 0.497 e. The van der Waals surface area contributed by atoms with Crippen LogP contribution in [0, 0.1) is 6.92 Å². The van der Waals surface area contributed by atoms with Crippen molar-refractivity contribution in [1.29, 1.82) is 0 Å². The highest BCUT2D eigenvalue weighted by atomic mass is 32.1. The van der Waals surface area contributed by atoms with E-state index in [1.54, 1.807) is 37.5 Å². The van der Waals surface area contributed by atoms with Crippen molar-refractivity contribution in [2.45, 2.75) is 6.92 Å². The number of nitrogens with one attached hydrogen (secondary N) is 1. The Hall–Kier alpha value is -4.49. The first-order valence-corrected chi connectivity index (χ1v) is 11.8. The Labute approximate surface area is 214 Å². The van der Waals surface area contributed by atoms with Gasteiger partial charge in [-0.15, -0.1) is 0 Å². The van der Waals surface area contributed by atoms with Gasteiger partial charge in [0.15, 0.2) is 5.11 Å². The summed E-state index contributed by atoms with van der Waals surface area (Å²) in [5, 5.41) is 2.69. The molecule has 1 N–H and O–H groups in total. The monoisotopic (exact) mass is 493 g/mol. The average Bonchev–Trinajstić information content (AvgIpc) is 3.23. The molecule has 0 bridgehead atoms. The van der Waals surface area contributed by atoms with Crippen LogP contribution in [0.15, 0.2) is 96.6 Å². The lowest BCUT2D eigenvalue weighted by atomic mass is 10.1. The Morgan fingerprint density at radius 2 is 1.50 bits per heavy atom. The fraction of sp³-hybridized carbons (Fsp3) is 0.0690. The standard InChI is InChI=1S/C29H23N3O3S/c1-19-21(18-26(20-9-5-3-6-10-20)31(19)22-11-7-4-8-12-22)17-25-27(33)30-29(36)32(28(25)34)23-13-15-24(35-2)16-14-23/h3-18H,1-2H3,(H,30,33,36)/b25-17-. The summed E-state index contributed by atoms with van der Waals surface area (Å²) in [6, 6.07) is 28.9. The van der Waals surface area contributed by atoms with E-state index in [9.17, 15) is 9.59 Å². The van der Waals surface area contributed by atoms with Crippen LogP contribution in [-0.4, -0.2) is 28.6 Å². The van der Waals surface area contributed by atoms with Crippen LogP contribution in [0.25, 0.3) is 23.0 Å². The molecule has 2 heterocycles. The fourth-order valence-corrected chi connectivity index (χ4v) is 4.56. The van der Waals surface area contributed by atoms with Crippen molar-refractivity contribution in [2.75, 3.05) is 12.0 Å². The van der Waals surface area contributed by atoms with Gasteiger partial charge in [0.25, 0.3) is 11.8 Å². The van der Waals surface area contributed by atoms with Crippen molar-refractivity contribution in [3.8, 4) is 22.7 Å². The zero-order valence-corrected chi connectivity index (χ0v) is 20.6. The molecule has 1 saturated heterocycles. The number of para-hydroxylation sites is 1. The Morgan fingerprint density at radius 1 is 0.861 bits per heavy atom. The van der Waals surface area contributed by atoms with Crippen molar-refractivity contribution in [2.24, 2.45) is 0 Å². The third-order valence-electron chi connectivity index (χ3n) is 6.10. The highest BCUT2D eigenvalue weighted by molar-refractivity contribution is 7.80. The van der Waals surface area contributed by atoms with Gasteiger partial charge in [0, 0.05) is 11.4 Å². The zero-order valence-electron chi connectivity index (χ0n) is 19.8. The number of hydrogen-bond donors (Lipinski definition) is 1. The Balaban J connectivity index is 1.61. The molecule has 1 aliphatic rings. The topological polar surface area (TPSA) is 63.6 Å². The first kappa shape index (κ1) is 23.3. The lowest BCUT2D eigenvalue weighted by Gasteiger charge is -2.29. The van der Waals surface area contributed by atoms with Crippen LogP contribution in [0.5, 0.6) is 5.75 Å². The number of ether oxygens (including phenoxy) is 1. The number of carbonyl (C=O) groups is 2. The molecule has 1 aliphatic heterocycles. The van der Waals surface area contributed by atoms with Gasteiger partial charge in [-0.2, -0.15) is 0 Å². The molecular formula is C29H23N3O3S. The second kappa shape index (κ2) is 9.64. The van der Waals surface area contributed by atoms with Gasteiger partial charge >= 0.3 is 0 Å². The summed E-state index contributed by atoms with van der Waals surface area (Å²) < 4.78 is 7.33. The van der Waals surface area contributed by atoms with Crippen LogP contribution in [-0.2, 0) is 9.59 Å². The van der Waals surface area contributed by atoms with Crippen LogP contribution in [0.3, 0.4) is 0 Å². The fourth-order valence-electron chi connectivity index (χ4n) is 4.28. The van der Waals surface area contributed by atoms with E-state index in [4.69, 9.17) is 17.0 Å². The van der Waals surface area contributed by atoms with Gasteiger partial charge in [0.2, 0.25) is 0 Å². The predicted molar refractivity (Wildman–Crippen MR) is 145 cm³/mol. The van der Waals surface area contributed by atoms with Gasteiger partial charge in [0.05, 0.1) is 18.5 Å². The van der Waals surface area contributed by atoms with E-state index in [2.05, 4.69) is 9.88 Å². The van der Waals surface area contributed by atoms with E-state index in [0.717, 1.165) is 28.2 Å². The summed E-state index contributed by atoms with van der Waals surface area (Å²) in [4.78, 5) is 27.7. The molecule has 7 heteroatoms. The quantitative estimate of drug-likeness (QED) is 0.233. The Kier molecular flexibility index (Phi) is 6.23. The summed E-state index contributed by atoms with van der Waals surface area (Å²) in [6.45, 7) is 1.98. The molecule has 2 amide bonds. The number of rotatable bonds is 5. The molecule has 1 aromatic heterocycles. The van der Waals surface area contributed by atoms with Crippen LogP contribution < -0.4 is 15.0 Å². The highest BCUT2D eigenvalue weighted by Gasteiger charge is 2.34. The summed E-state index contributed by atoms with van der Waals surface area (Å²) >= 11 is 5.33. The maximum absolute atomic E-state index is 13.5. The average molecular weight is 494 g/mol. The summed E-state index contributed by atoms with van der Waals surface area (Å²) in [5.74, 6) is -0.356. The van der Waals surface area contributed by atoms with Gasteiger partial charge in [-0.1, -0.05) is 48.5 Å². The molecule has 0 radical (unpaired) electrons. The number of benzene rings is 3. The molecule has 0 saturated carbocycles. The molecule has 3 aromatic carbocycles. The van der Waals surface area contributed by atoms with E-state index >= 15 is 0 Å². The first-order chi connectivity index (χ1) is 17.5. The summed E-state index contributed by atoms with van der Waals surface area (Å²) in [5.41, 5.74) is 5.18. The van der Waals surface area contributed by atoms with Crippen LogP contribution in [0.4, 0.5) is 5.69 Å². The second-order valence-corrected chi connectivity index (χ2v) is 8.65. The number of aromatic nitrogens is 1. The number of anilines is 1. The molecule has 178 valence electrons. The lowest BCUT2D eigenvalue weighted by Crippen LogP contribution is -2.54. The highest BCUT2D eigenvalue weighted by Crippen LogP contribution is 2.32. The maximum atomic E-state index is 13.5. The van der Waals surface area contributed by atoms with Gasteiger partial charge in [-0.25, -0.2) is 0 Å². The van der Waals surface area contributed by atoms with Crippen molar-refractivity contribution in [3.63, 3.8) is 0 Å². The second-order valence-electron chi connectivity index (χ2n) is 8.26. The Bertz CT molecular complexity index is 1490. The molecule has 5 rings (SSSR count). The summed E-state index contributed by atoms with van der Waals surface area (Å²) in [7, 11) is 1.57. The van der Waals surface area contributed by atoms with Gasteiger partial charge in [-0.05, 0) is 78.8 Å². The number of nitrogens with zero attached hydrogens (tertiary/aromatic N) is 2. The lowest BCUT2D eigenvalue weighted by molar-refractivity contribution is -0.122. The first-order valence-electron chi connectivity index (χ1n) is 11.4. The number of amides is 2. The molecule has 0 spiro atoms. The van der Waals surface area contributed by atoms with E-state index < -0.39 is 11.8 Å². The van der Waals surface area contributed by atoms with E-state index in [1.807, 2.05) is 73.7 Å². The number of methoxy groups -OCH3 is 1. The maximum Gasteiger partial charge on any atom is 0.270 e. The third kappa shape index (κ3) is 4.21. The van der Waals surface area contributed by atoms with Gasteiger partial charge < -0.3 is 9.30 Å². The molecule has 0 aliphatic carbocycles. The molecule has 0 unspecified atom stereocenters.